The third-order valence-electron chi connectivity index (χ3n) is 4.31. The fourth-order valence-electron chi connectivity index (χ4n) is 3.21. The Hall–Kier alpha value is -0.910. The van der Waals surface area contributed by atoms with Crippen LogP contribution >= 0.6 is 11.8 Å². The largest absolute Gasteiger partial charge is 0.352 e. The van der Waals surface area contributed by atoms with Gasteiger partial charge in [0, 0.05) is 36.7 Å². The number of rotatable bonds is 3. The van der Waals surface area contributed by atoms with Crippen LogP contribution in [0.4, 0.5) is 0 Å². The van der Waals surface area contributed by atoms with Crippen LogP contribution in [-0.4, -0.2) is 60.0 Å². The van der Waals surface area contributed by atoms with Gasteiger partial charge in [0.2, 0.25) is 5.91 Å². The van der Waals surface area contributed by atoms with Crippen LogP contribution in [0, 0.1) is 0 Å². The van der Waals surface area contributed by atoms with E-state index in [0.717, 1.165) is 37.6 Å². The highest BCUT2D eigenvalue weighted by molar-refractivity contribution is 8.00. The van der Waals surface area contributed by atoms with Crippen LogP contribution in [0.15, 0.2) is 4.99 Å². The zero-order valence-electron chi connectivity index (χ0n) is 14.2. The zero-order chi connectivity index (χ0) is 16.0. The molecule has 0 aromatic carbocycles. The summed E-state index contributed by atoms with van der Waals surface area (Å²) < 4.78 is 0.236. The van der Waals surface area contributed by atoms with Gasteiger partial charge < -0.3 is 15.5 Å². The third-order valence-corrected chi connectivity index (χ3v) is 5.61. The fraction of sp³-hybridized carbons (Fsp3) is 0.875. The van der Waals surface area contributed by atoms with Crippen molar-refractivity contribution in [3.63, 3.8) is 0 Å². The Morgan fingerprint density at radius 1 is 1.32 bits per heavy atom. The number of thioether (sulfide) groups is 1. The van der Waals surface area contributed by atoms with Gasteiger partial charge in [0.1, 0.15) is 0 Å². The molecule has 0 aromatic rings. The SMILES string of the molecule is CN=C(NCC(=O)NC1CCCCC1)N1CCSC(C)(C)C1. The van der Waals surface area contributed by atoms with E-state index < -0.39 is 0 Å². The van der Waals surface area contributed by atoms with E-state index in [1.165, 1.54) is 19.3 Å². The highest BCUT2D eigenvalue weighted by Gasteiger charge is 2.28. The van der Waals surface area contributed by atoms with Crippen LogP contribution in [0.3, 0.4) is 0 Å². The van der Waals surface area contributed by atoms with E-state index in [0.29, 0.717) is 12.6 Å². The molecule has 0 atom stereocenters. The van der Waals surface area contributed by atoms with Gasteiger partial charge in [-0.05, 0) is 26.7 Å². The summed E-state index contributed by atoms with van der Waals surface area (Å²) in [6.45, 7) is 6.77. The van der Waals surface area contributed by atoms with Crippen molar-refractivity contribution in [3.05, 3.63) is 0 Å². The molecule has 1 heterocycles. The highest BCUT2D eigenvalue weighted by Crippen LogP contribution is 2.29. The Labute approximate surface area is 138 Å². The van der Waals surface area contributed by atoms with Crippen molar-refractivity contribution in [2.75, 3.05) is 32.4 Å². The summed E-state index contributed by atoms with van der Waals surface area (Å²) in [6, 6.07) is 0.371. The van der Waals surface area contributed by atoms with Gasteiger partial charge in [-0.3, -0.25) is 9.79 Å². The smallest absolute Gasteiger partial charge is 0.239 e. The summed E-state index contributed by atoms with van der Waals surface area (Å²) in [5.41, 5.74) is 0. The van der Waals surface area contributed by atoms with Gasteiger partial charge in [-0.2, -0.15) is 11.8 Å². The van der Waals surface area contributed by atoms with Gasteiger partial charge in [-0.25, -0.2) is 0 Å². The van der Waals surface area contributed by atoms with Crippen molar-refractivity contribution in [1.82, 2.24) is 15.5 Å². The standard InChI is InChI=1S/C16H30N4OS/c1-16(2)12-20(9-10-22-16)15(17-3)18-11-14(21)19-13-7-5-4-6-8-13/h13H,4-12H2,1-3H3,(H,17,18)(H,19,21). The van der Waals surface area contributed by atoms with Gasteiger partial charge in [-0.15, -0.1) is 0 Å². The van der Waals surface area contributed by atoms with E-state index >= 15 is 0 Å². The first kappa shape index (κ1) is 17.4. The second-order valence-electron chi connectivity index (χ2n) is 6.83. The van der Waals surface area contributed by atoms with E-state index in [1.54, 1.807) is 7.05 Å². The minimum Gasteiger partial charge on any atom is -0.352 e. The van der Waals surface area contributed by atoms with Gasteiger partial charge in [0.25, 0.3) is 0 Å². The lowest BCUT2D eigenvalue weighted by Gasteiger charge is -2.39. The topological polar surface area (TPSA) is 56.7 Å². The average Bonchev–Trinajstić information content (AvgIpc) is 2.48. The van der Waals surface area contributed by atoms with Crippen molar-refractivity contribution in [2.24, 2.45) is 4.99 Å². The molecule has 1 saturated carbocycles. The molecule has 1 saturated heterocycles. The number of carbonyl (C=O) groups excluding carboxylic acids is 1. The summed E-state index contributed by atoms with van der Waals surface area (Å²) in [7, 11) is 1.79. The number of amides is 1. The number of hydrogen-bond donors (Lipinski definition) is 2. The Morgan fingerprint density at radius 3 is 2.68 bits per heavy atom. The maximum Gasteiger partial charge on any atom is 0.239 e. The quantitative estimate of drug-likeness (QED) is 0.614. The van der Waals surface area contributed by atoms with Crippen molar-refractivity contribution in [2.45, 2.75) is 56.7 Å². The molecular weight excluding hydrogens is 296 g/mol. The maximum atomic E-state index is 12.1. The molecule has 5 nitrogen and oxygen atoms in total. The lowest BCUT2D eigenvalue weighted by atomic mass is 9.95. The molecule has 2 rings (SSSR count). The summed E-state index contributed by atoms with van der Waals surface area (Å²) in [5, 5.41) is 6.36. The molecule has 0 aromatic heterocycles. The monoisotopic (exact) mass is 326 g/mol. The van der Waals surface area contributed by atoms with E-state index in [4.69, 9.17) is 0 Å². The number of guanidine groups is 1. The normalized spacial score (nSPS) is 23.2. The lowest BCUT2D eigenvalue weighted by Crippen LogP contribution is -2.53. The highest BCUT2D eigenvalue weighted by atomic mass is 32.2. The molecule has 2 N–H and O–H groups in total. The number of hydrogen-bond acceptors (Lipinski definition) is 3. The second-order valence-corrected chi connectivity index (χ2v) is 8.64. The molecule has 1 aliphatic carbocycles. The molecule has 0 radical (unpaired) electrons. The summed E-state index contributed by atoms with van der Waals surface area (Å²) >= 11 is 2.00. The van der Waals surface area contributed by atoms with Crippen LogP contribution in [0.1, 0.15) is 46.0 Å². The van der Waals surface area contributed by atoms with E-state index in [-0.39, 0.29) is 10.7 Å². The zero-order valence-corrected chi connectivity index (χ0v) is 15.0. The molecule has 0 bridgehead atoms. The first-order valence-corrected chi connectivity index (χ1v) is 9.38. The third kappa shape index (κ3) is 5.38. The van der Waals surface area contributed by atoms with E-state index in [9.17, 15) is 4.79 Å². The molecule has 126 valence electrons. The predicted octanol–water partition coefficient (Wildman–Crippen LogP) is 1.84. The molecule has 0 unspecified atom stereocenters. The number of nitrogens with one attached hydrogen (secondary N) is 2. The minimum atomic E-state index is 0.0821. The Bertz CT molecular complexity index is 405. The maximum absolute atomic E-state index is 12.1. The summed E-state index contributed by atoms with van der Waals surface area (Å²) in [6.07, 6.45) is 6.02. The summed E-state index contributed by atoms with van der Waals surface area (Å²) in [5.74, 6) is 2.02. The average molecular weight is 327 g/mol. The molecule has 2 fully saturated rings. The van der Waals surface area contributed by atoms with E-state index in [2.05, 4.69) is 34.4 Å². The molecule has 22 heavy (non-hydrogen) atoms. The fourth-order valence-corrected chi connectivity index (χ4v) is 4.33. The van der Waals surface area contributed by atoms with Crippen molar-refractivity contribution >= 4 is 23.6 Å². The van der Waals surface area contributed by atoms with Crippen LogP contribution in [0.2, 0.25) is 0 Å². The first-order chi connectivity index (χ1) is 10.5. The number of carbonyl (C=O) groups is 1. The lowest BCUT2D eigenvalue weighted by molar-refractivity contribution is -0.120. The molecule has 6 heteroatoms. The van der Waals surface area contributed by atoms with Crippen LogP contribution in [0.25, 0.3) is 0 Å². The molecule has 2 aliphatic rings. The van der Waals surface area contributed by atoms with Gasteiger partial charge in [0.05, 0.1) is 6.54 Å². The predicted molar refractivity (Wildman–Crippen MR) is 94.5 cm³/mol. The van der Waals surface area contributed by atoms with E-state index in [1.807, 2.05) is 11.8 Å². The molecule has 1 amide bonds. The number of nitrogens with zero attached hydrogens (tertiary/aromatic N) is 2. The van der Waals surface area contributed by atoms with Gasteiger partial charge in [0.15, 0.2) is 5.96 Å². The second kappa shape index (κ2) is 8.09. The Morgan fingerprint density at radius 2 is 2.05 bits per heavy atom. The van der Waals surface area contributed by atoms with Gasteiger partial charge in [-0.1, -0.05) is 19.3 Å². The summed E-state index contributed by atoms with van der Waals surface area (Å²) in [4.78, 5) is 18.7. The molecule has 0 spiro atoms. The minimum absolute atomic E-state index is 0.0821. The van der Waals surface area contributed by atoms with Crippen molar-refractivity contribution in [3.8, 4) is 0 Å². The first-order valence-electron chi connectivity index (χ1n) is 8.39. The van der Waals surface area contributed by atoms with Crippen molar-refractivity contribution < 1.29 is 4.79 Å². The Balaban J connectivity index is 1.77. The van der Waals surface area contributed by atoms with Crippen LogP contribution in [0.5, 0.6) is 0 Å². The van der Waals surface area contributed by atoms with Gasteiger partial charge >= 0.3 is 0 Å². The number of aliphatic imine (C=N–C) groups is 1. The molecular formula is C16H30N4OS. The van der Waals surface area contributed by atoms with Crippen LogP contribution in [-0.2, 0) is 4.79 Å². The van der Waals surface area contributed by atoms with Crippen molar-refractivity contribution in [1.29, 1.82) is 0 Å². The van der Waals surface area contributed by atoms with Crippen LogP contribution < -0.4 is 10.6 Å². The Kier molecular flexibility index (Phi) is 6.41. The molecule has 1 aliphatic heterocycles.